The lowest BCUT2D eigenvalue weighted by atomic mass is 10.1. The molecule has 35 heavy (non-hydrogen) atoms. The third kappa shape index (κ3) is 4.59. The molecule has 178 valence electrons. The molecule has 3 heterocycles. The summed E-state index contributed by atoms with van der Waals surface area (Å²) in [5, 5.41) is 15.0. The Morgan fingerprint density at radius 2 is 1.77 bits per heavy atom. The standard InChI is InChI=1S/C25H23Cl2N7O/c1-4-20-29-21-14(2)10-15(3)28-25(21)34(20)13-16-11-18(26)23(19(27)12-16)35-22(24-30-32-33-31-24)17-8-6-5-7-9-17/h5-12,22H,4,13H2,1-3H3,(H,30,31,32,33). The summed E-state index contributed by atoms with van der Waals surface area (Å²) in [6.07, 6.45) is 0.174. The molecule has 0 amide bonds. The van der Waals surface area contributed by atoms with Crippen LogP contribution in [0.5, 0.6) is 5.75 Å². The van der Waals surface area contributed by atoms with Gasteiger partial charge in [0.15, 0.2) is 23.3 Å². The first-order valence-corrected chi connectivity index (χ1v) is 12.0. The monoisotopic (exact) mass is 507 g/mol. The minimum atomic E-state index is -0.605. The van der Waals surface area contributed by atoms with Gasteiger partial charge in [-0.3, -0.25) is 0 Å². The van der Waals surface area contributed by atoms with Crippen molar-refractivity contribution >= 4 is 34.4 Å². The maximum absolute atomic E-state index is 6.70. The van der Waals surface area contributed by atoms with E-state index in [4.69, 9.17) is 37.9 Å². The third-order valence-corrected chi connectivity index (χ3v) is 6.33. The first kappa shape index (κ1) is 23.3. The van der Waals surface area contributed by atoms with Crippen molar-refractivity contribution in [1.29, 1.82) is 0 Å². The maximum Gasteiger partial charge on any atom is 0.194 e. The second-order valence-electron chi connectivity index (χ2n) is 8.30. The van der Waals surface area contributed by atoms with Crippen LogP contribution >= 0.6 is 23.2 Å². The van der Waals surface area contributed by atoms with Crippen LogP contribution < -0.4 is 4.74 Å². The van der Waals surface area contributed by atoms with E-state index >= 15 is 0 Å². The highest BCUT2D eigenvalue weighted by Crippen LogP contribution is 2.38. The van der Waals surface area contributed by atoms with Gasteiger partial charge in [0.2, 0.25) is 0 Å². The van der Waals surface area contributed by atoms with Gasteiger partial charge in [0, 0.05) is 17.7 Å². The van der Waals surface area contributed by atoms with Crippen molar-refractivity contribution in [3.05, 3.63) is 92.6 Å². The summed E-state index contributed by atoms with van der Waals surface area (Å²) in [6.45, 7) is 6.66. The van der Waals surface area contributed by atoms with Crippen molar-refractivity contribution in [2.75, 3.05) is 0 Å². The molecule has 5 aromatic rings. The highest BCUT2D eigenvalue weighted by molar-refractivity contribution is 6.37. The summed E-state index contributed by atoms with van der Waals surface area (Å²) in [5.41, 5.74) is 5.60. The molecule has 0 spiro atoms. The Hall–Kier alpha value is -3.49. The van der Waals surface area contributed by atoms with Crippen LogP contribution in [0.4, 0.5) is 0 Å². The van der Waals surface area contributed by atoms with Gasteiger partial charge in [-0.05, 0) is 53.6 Å². The number of aryl methyl sites for hydroxylation is 3. The Morgan fingerprint density at radius 1 is 1.03 bits per heavy atom. The van der Waals surface area contributed by atoms with Crippen LogP contribution in [-0.4, -0.2) is 35.2 Å². The number of fused-ring (bicyclic) bond motifs is 1. The molecule has 2 aromatic carbocycles. The molecule has 0 aliphatic carbocycles. The zero-order valence-electron chi connectivity index (χ0n) is 19.5. The summed E-state index contributed by atoms with van der Waals surface area (Å²) in [6, 6.07) is 15.4. The third-order valence-electron chi connectivity index (χ3n) is 5.76. The van der Waals surface area contributed by atoms with Crippen LogP contribution in [0.15, 0.2) is 48.5 Å². The number of tetrazole rings is 1. The number of aromatic nitrogens is 7. The number of imidazole rings is 1. The van der Waals surface area contributed by atoms with Gasteiger partial charge in [-0.25, -0.2) is 15.1 Å². The van der Waals surface area contributed by atoms with Gasteiger partial charge >= 0.3 is 0 Å². The zero-order valence-corrected chi connectivity index (χ0v) is 21.0. The molecule has 1 unspecified atom stereocenters. The van der Waals surface area contributed by atoms with E-state index in [1.54, 1.807) is 0 Å². The fourth-order valence-electron chi connectivity index (χ4n) is 4.19. The van der Waals surface area contributed by atoms with Crippen LogP contribution in [0.1, 0.15) is 47.1 Å². The second kappa shape index (κ2) is 9.64. The van der Waals surface area contributed by atoms with Crippen molar-refractivity contribution in [3.8, 4) is 5.75 Å². The van der Waals surface area contributed by atoms with Crippen LogP contribution in [0.2, 0.25) is 10.0 Å². The molecule has 0 aliphatic heterocycles. The molecule has 0 saturated carbocycles. The van der Waals surface area contributed by atoms with Crippen LogP contribution in [0, 0.1) is 13.8 Å². The van der Waals surface area contributed by atoms with Crippen molar-refractivity contribution in [2.45, 2.75) is 39.8 Å². The molecule has 8 nitrogen and oxygen atoms in total. The van der Waals surface area contributed by atoms with E-state index in [1.165, 1.54) is 0 Å². The number of aromatic amines is 1. The highest BCUT2D eigenvalue weighted by atomic mass is 35.5. The fourth-order valence-corrected chi connectivity index (χ4v) is 4.81. The van der Waals surface area contributed by atoms with Crippen molar-refractivity contribution in [1.82, 2.24) is 35.2 Å². The topological polar surface area (TPSA) is 94.4 Å². The van der Waals surface area contributed by atoms with Gasteiger partial charge in [-0.1, -0.05) is 60.5 Å². The van der Waals surface area contributed by atoms with E-state index in [-0.39, 0.29) is 0 Å². The normalized spacial score (nSPS) is 12.3. The number of benzene rings is 2. The average Bonchev–Trinajstić information content (AvgIpc) is 3.48. The van der Waals surface area contributed by atoms with E-state index in [0.717, 1.165) is 45.8 Å². The first-order valence-electron chi connectivity index (χ1n) is 11.2. The number of hydrogen-bond acceptors (Lipinski definition) is 6. The lowest BCUT2D eigenvalue weighted by Gasteiger charge is -2.19. The Balaban J connectivity index is 1.50. The van der Waals surface area contributed by atoms with Crippen molar-refractivity contribution in [3.63, 3.8) is 0 Å². The van der Waals surface area contributed by atoms with Crippen molar-refractivity contribution < 1.29 is 4.74 Å². The Bertz CT molecular complexity index is 1460. The molecule has 0 saturated heterocycles. The number of H-pyrrole nitrogens is 1. The van der Waals surface area contributed by atoms with E-state index < -0.39 is 6.10 Å². The molecular weight excluding hydrogens is 485 g/mol. The largest absolute Gasteiger partial charge is 0.474 e. The summed E-state index contributed by atoms with van der Waals surface area (Å²) >= 11 is 13.4. The number of hydrogen-bond donors (Lipinski definition) is 1. The van der Waals surface area contributed by atoms with E-state index in [0.29, 0.717) is 28.2 Å². The van der Waals surface area contributed by atoms with Crippen LogP contribution in [0.25, 0.3) is 11.2 Å². The number of nitrogens with one attached hydrogen (secondary N) is 1. The molecule has 3 aromatic heterocycles. The Labute approximate surface area is 212 Å². The number of pyridine rings is 1. The Kier molecular flexibility index (Phi) is 6.40. The fraction of sp³-hybridized carbons (Fsp3) is 0.240. The van der Waals surface area contributed by atoms with E-state index in [1.807, 2.05) is 55.5 Å². The molecule has 0 bridgehead atoms. The smallest absolute Gasteiger partial charge is 0.194 e. The van der Waals surface area contributed by atoms with Gasteiger partial charge in [-0.2, -0.15) is 0 Å². The maximum atomic E-state index is 6.70. The van der Waals surface area contributed by atoms with Crippen LogP contribution in [-0.2, 0) is 13.0 Å². The summed E-state index contributed by atoms with van der Waals surface area (Å²) in [4.78, 5) is 9.57. The average molecular weight is 508 g/mol. The second-order valence-corrected chi connectivity index (χ2v) is 9.12. The lowest BCUT2D eigenvalue weighted by molar-refractivity contribution is 0.237. The summed E-state index contributed by atoms with van der Waals surface area (Å²) in [7, 11) is 0. The quantitative estimate of drug-likeness (QED) is 0.306. The van der Waals surface area contributed by atoms with Gasteiger partial charge < -0.3 is 9.30 Å². The molecule has 0 fully saturated rings. The molecule has 1 N–H and O–H groups in total. The number of nitrogens with zero attached hydrogens (tertiary/aromatic N) is 6. The molecule has 1 atom stereocenters. The number of ether oxygens (including phenoxy) is 1. The first-order chi connectivity index (χ1) is 16.9. The van der Waals surface area contributed by atoms with Gasteiger partial charge in [0.05, 0.1) is 16.6 Å². The summed E-state index contributed by atoms with van der Waals surface area (Å²) < 4.78 is 8.39. The minimum absolute atomic E-state index is 0.360. The highest BCUT2D eigenvalue weighted by Gasteiger charge is 2.23. The molecule has 5 rings (SSSR count). The molecule has 10 heteroatoms. The number of halogens is 2. The molecule has 0 aliphatic rings. The minimum Gasteiger partial charge on any atom is -0.474 e. The van der Waals surface area contributed by atoms with Crippen LogP contribution in [0.3, 0.4) is 0 Å². The van der Waals surface area contributed by atoms with E-state index in [2.05, 4.69) is 39.0 Å². The number of rotatable bonds is 7. The lowest BCUT2D eigenvalue weighted by Crippen LogP contribution is -2.12. The Morgan fingerprint density at radius 3 is 2.43 bits per heavy atom. The van der Waals surface area contributed by atoms with Gasteiger partial charge in [-0.15, -0.1) is 5.10 Å². The molecule has 0 radical (unpaired) electrons. The van der Waals surface area contributed by atoms with Gasteiger partial charge in [0.1, 0.15) is 11.3 Å². The van der Waals surface area contributed by atoms with Gasteiger partial charge in [0.25, 0.3) is 0 Å². The predicted molar refractivity (Wildman–Crippen MR) is 135 cm³/mol. The SMILES string of the molecule is CCc1nc2c(C)cc(C)nc2n1Cc1cc(Cl)c(OC(c2ccccc2)c2nnn[nH]2)c(Cl)c1. The van der Waals surface area contributed by atoms with E-state index in [9.17, 15) is 0 Å². The predicted octanol–water partition coefficient (Wildman–Crippen LogP) is 5.65. The summed E-state index contributed by atoms with van der Waals surface area (Å²) in [5.74, 6) is 1.76. The zero-order chi connectivity index (χ0) is 24.5. The molecular formula is C25H23Cl2N7O. The van der Waals surface area contributed by atoms with Crippen molar-refractivity contribution in [2.24, 2.45) is 0 Å².